The molecule has 0 saturated heterocycles. The van der Waals surface area contributed by atoms with Crippen molar-refractivity contribution in [1.82, 2.24) is 9.97 Å². The molecule has 0 aliphatic carbocycles. The van der Waals surface area contributed by atoms with Crippen molar-refractivity contribution >= 4 is 16.7 Å². The average molecular weight is 281 g/mol. The number of aromatic nitrogens is 2. The summed E-state index contributed by atoms with van der Waals surface area (Å²) in [6, 6.07) is 11.9. The summed E-state index contributed by atoms with van der Waals surface area (Å²) in [5, 5.41) is 10.7. The molecule has 0 aliphatic rings. The van der Waals surface area contributed by atoms with Gasteiger partial charge in [0.1, 0.15) is 5.75 Å². The number of hydrogen-bond acceptors (Lipinski definition) is 5. The van der Waals surface area contributed by atoms with Crippen LogP contribution >= 0.6 is 0 Å². The first kappa shape index (κ1) is 13.0. The predicted molar refractivity (Wildman–Crippen MR) is 78.2 cm³/mol. The smallest absolute Gasteiger partial charge is 0.271 e. The van der Waals surface area contributed by atoms with Gasteiger partial charge in [-0.1, -0.05) is 0 Å². The second-order valence-electron chi connectivity index (χ2n) is 4.41. The maximum absolute atomic E-state index is 10.7. The molecular formula is C15H11N3O3. The van der Waals surface area contributed by atoms with E-state index in [9.17, 15) is 10.1 Å². The molecular weight excluding hydrogens is 270 g/mol. The summed E-state index contributed by atoms with van der Waals surface area (Å²) in [4.78, 5) is 19.0. The lowest BCUT2D eigenvalue weighted by Gasteiger charge is -2.04. The molecule has 0 unspecified atom stereocenters. The van der Waals surface area contributed by atoms with Gasteiger partial charge in [-0.05, 0) is 30.3 Å². The summed E-state index contributed by atoms with van der Waals surface area (Å²) in [7, 11) is 1.61. The van der Waals surface area contributed by atoms with Crippen molar-refractivity contribution in [3.05, 3.63) is 58.8 Å². The number of ether oxygens (including phenoxy) is 1. The fourth-order valence-electron chi connectivity index (χ4n) is 2.01. The highest BCUT2D eigenvalue weighted by atomic mass is 16.6. The van der Waals surface area contributed by atoms with Gasteiger partial charge in [0.2, 0.25) is 0 Å². The van der Waals surface area contributed by atoms with E-state index in [0.29, 0.717) is 16.7 Å². The number of nitrogens with zero attached hydrogens (tertiary/aromatic N) is 3. The van der Waals surface area contributed by atoms with Crippen molar-refractivity contribution in [2.45, 2.75) is 0 Å². The molecule has 0 radical (unpaired) electrons. The van der Waals surface area contributed by atoms with Gasteiger partial charge in [-0.15, -0.1) is 0 Å². The molecule has 6 heteroatoms. The standard InChI is InChI=1S/C15H11N3O3/c1-21-12-5-2-10(3-6-12)15-9-16-14-8-11(18(19)20)4-7-13(14)17-15/h2-9H,1H3. The van der Waals surface area contributed by atoms with Crippen molar-refractivity contribution in [3.8, 4) is 17.0 Å². The average Bonchev–Trinajstić information content (AvgIpc) is 2.54. The Kier molecular flexibility index (Phi) is 3.19. The zero-order valence-electron chi connectivity index (χ0n) is 11.2. The molecule has 104 valence electrons. The van der Waals surface area contributed by atoms with Crippen LogP contribution in [-0.4, -0.2) is 22.0 Å². The second kappa shape index (κ2) is 5.16. The van der Waals surface area contributed by atoms with Crippen molar-refractivity contribution < 1.29 is 9.66 Å². The van der Waals surface area contributed by atoms with E-state index in [0.717, 1.165) is 11.3 Å². The van der Waals surface area contributed by atoms with E-state index in [-0.39, 0.29) is 5.69 Å². The maximum atomic E-state index is 10.7. The largest absolute Gasteiger partial charge is 0.497 e. The molecule has 1 aromatic heterocycles. The third-order valence-corrected chi connectivity index (χ3v) is 3.12. The number of rotatable bonds is 3. The minimum absolute atomic E-state index is 0.00833. The van der Waals surface area contributed by atoms with E-state index in [2.05, 4.69) is 9.97 Å². The first-order valence-electron chi connectivity index (χ1n) is 6.23. The minimum Gasteiger partial charge on any atom is -0.497 e. The lowest BCUT2D eigenvalue weighted by atomic mass is 10.1. The quantitative estimate of drug-likeness (QED) is 0.544. The monoisotopic (exact) mass is 281 g/mol. The molecule has 3 aromatic rings. The predicted octanol–water partition coefficient (Wildman–Crippen LogP) is 3.21. The van der Waals surface area contributed by atoms with Crippen LogP contribution in [0.4, 0.5) is 5.69 Å². The van der Waals surface area contributed by atoms with Gasteiger partial charge in [-0.25, -0.2) is 4.98 Å². The lowest BCUT2D eigenvalue weighted by molar-refractivity contribution is -0.384. The summed E-state index contributed by atoms with van der Waals surface area (Å²) in [6.07, 6.45) is 1.61. The van der Waals surface area contributed by atoms with Crippen LogP contribution in [0, 0.1) is 10.1 Å². The molecule has 0 fully saturated rings. The first-order chi connectivity index (χ1) is 10.2. The Labute approximate surface area is 120 Å². The number of nitro groups is 1. The van der Waals surface area contributed by atoms with Crippen LogP contribution in [0.25, 0.3) is 22.3 Å². The van der Waals surface area contributed by atoms with E-state index in [1.54, 1.807) is 19.4 Å². The van der Waals surface area contributed by atoms with Crippen LogP contribution < -0.4 is 4.74 Å². The van der Waals surface area contributed by atoms with Crippen molar-refractivity contribution in [1.29, 1.82) is 0 Å². The molecule has 3 rings (SSSR count). The Bertz CT molecular complexity index is 816. The summed E-state index contributed by atoms with van der Waals surface area (Å²) in [5.41, 5.74) is 2.74. The molecule has 0 spiro atoms. The molecule has 0 aliphatic heterocycles. The molecule has 1 heterocycles. The van der Waals surface area contributed by atoms with E-state index >= 15 is 0 Å². The summed E-state index contributed by atoms with van der Waals surface area (Å²) in [6.45, 7) is 0. The summed E-state index contributed by atoms with van der Waals surface area (Å²) < 4.78 is 5.11. The zero-order valence-corrected chi connectivity index (χ0v) is 11.2. The number of hydrogen-bond donors (Lipinski definition) is 0. The Balaban J connectivity index is 2.04. The van der Waals surface area contributed by atoms with Gasteiger partial charge in [0.05, 0.1) is 35.0 Å². The third-order valence-electron chi connectivity index (χ3n) is 3.12. The Hall–Kier alpha value is -3.02. The highest BCUT2D eigenvalue weighted by Gasteiger charge is 2.09. The summed E-state index contributed by atoms with van der Waals surface area (Å²) >= 11 is 0. The van der Waals surface area contributed by atoms with Crippen molar-refractivity contribution in [3.63, 3.8) is 0 Å². The van der Waals surface area contributed by atoms with Crippen LogP contribution in [0.2, 0.25) is 0 Å². The van der Waals surface area contributed by atoms with E-state index in [1.165, 1.54) is 12.1 Å². The fourth-order valence-corrected chi connectivity index (χ4v) is 2.01. The van der Waals surface area contributed by atoms with Gasteiger partial charge >= 0.3 is 0 Å². The van der Waals surface area contributed by atoms with Gasteiger partial charge in [0.25, 0.3) is 5.69 Å². The maximum Gasteiger partial charge on any atom is 0.271 e. The number of benzene rings is 2. The van der Waals surface area contributed by atoms with Gasteiger partial charge < -0.3 is 4.74 Å². The van der Waals surface area contributed by atoms with E-state index < -0.39 is 4.92 Å². The second-order valence-corrected chi connectivity index (χ2v) is 4.41. The van der Waals surface area contributed by atoms with Gasteiger partial charge in [-0.2, -0.15) is 0 Å². The van der Waals surface area contributed by atoms with Gasteiger partial charge in [0.15, 0.2) is 0 Å². The highest BCUT2D eigenvalue weighted by molar-refractivity contribution is 5.79. The SMILES string of the molecule is COc1ccc(-c2cnc3cc([N+](=O)[O-])ccc3n2)cc1. The van der Waals surface area contributed by atoms with Crippen molar-refractivity contribution in [2.24, 2.45) is 0 Å². The van der Waals surface area contributed by atoms with Crippen LogP contribution in [-0.2, 0) is 0 Å². The molecule has 0 atom stereocenters. The van der Waals surface area contributed by atoms with E-state index in [1.807, 2.05) is 24.3 Å². The Morgan fingerprint density at radius 2 is 1.86 bits per heavy atom. The van der Waals surface area contributed by atoms with Crippen LogP contribution in [0.3, 0.4) is 0 Å². The molecule has 0 saturated carbocycles. The van der Waals surface area contributed by atoms with E-state index in [4.69, 9.17) is 4.74 Å². The molecule has 0 N–H and O–H groups in total. The molecule has 2 aromatic carbocycles. The fraction of sp³-hybridized carbons (Fsp3) is 0.0667. The zero-order chi connectivity index (χ0) is 14.8. The Morgan fingerprint density at radius 3 is 2.52 bits per heavy atom. The third kappa shape index (κ3) is 2.51. The summed E-state index contributed by atoms with van der Waals surface area (Å²) in [5.74, 6) is 0.767. The molecule has 0 bridgehead atoms. The minimum atomic E-state index is -0.446. The Morgan fingerprint density at radius 1 is 1.10 bits per heavy atom. The van der Waals surface area contributed by atoms with Gasteiger partial charge in [0, 0.05) is 17.7 Å². The molecule has 21 heavy (non-hydrogen) atoms. The van der Waals surface area contributed by atoms with Crippen LogP contribution in [0.5, 0.6) is 5.75 Å². The number of non-ortho nitro benzene ring substituents is 1. The number of nitro benzene ring substituents is 1. The van der Waals surface area contributed by atoms with Crippen LogP contribution in [0.1, 0.15) is 0 Å². The molecule has 6 nitrogen and oxygen atoms in total. The first-order valence-corrected chi connectivity index (χ1v) is 6.23. The highest BCUT2D eigenvalue weighted by Crippen LogP contribution is 2.23. The number of fused-ring (bicyclic) bond motifs is 1. The topological polar surface area (TPSA) is 78.2 Å². The van der Waals surface area contributed by atoms with Crippen molar-refractivity contribution in [2.75, 3.05) is 7.11 Å². The number of methoxy groups -OCH3 is 1. The van der Waals surface area contributed by atoms with Crippen LogP contribution in [0.15, 0.2) is 48.7 Å². The normalized spacial score (nSPS) is 10.5. The van der Waals surface area contributed by atoms with Gasteiger partial charge in [-0.3, -0.25) is 15.1 Å². The lowest BCUT2D eigenvalue weighted by Crippen LogP contribution is -1.92. The molecule has 0 amide bonds.